The minimum Gasteiger partial charge on any atom is -0.476 e. The highest BCUT2D eigenvalue weighted by molar-refractivity contribution is 5.85. The minimum atomic E-state index is -1.06. The molecule has 0 aromatic carbocycles. The van der Waals surface area contributed by atoms with Crippen molar-refractivity contribution in [2.24, 2.45) is 7.05 Å². The third kappa shape index (κ3) is 3.08. The van der Waals surface area contributed by atoms with Gasteiger partial charge in [0.25, 0.3) is 0 Å². The van der Waals surface area contributed by atoms with Crippen LogP contribution in [0.15, 0.2) is 36.9 Å². The van der Waals surface area contributed by atoms with Crippen molar-refractivity contribution in [2.75, 3.05) is 5.32 Å². The smallest absolute Gasteiger partial charge is 0.356 e. The largest absolute Gasteiger partial charge is 0.476 e. The van der Waals surface area contributed by atoms with Gasteiger partial charge in [-0.2, -0.15) is 10.2 Å². The van der Waals surface area contributed by atoms with Crippen molar-refractivity contribution in [1.82, 2.24) is 29.5 Å². The van der Waals surface area contributed by atoms with Gasteiger partial charge in [0.05, 0.1) is 24.1 Å². The Morgan fingerprint density at radius 3 is 2.95 bits per heavy atom. The number of hydrogen-bond acceptors (Lipinski definition) is 6. The Balaban J connectivity index is 1.74. The molecule has 0 unspecified atom stereocenters. The Hall–Kier alpha value is -3.23. The first kappa shape index (κ1) is 13.7. The summed E-state index contributed by atoms with van der Waals surface area (Å²) in [6.45, 7) is 0.359. The van der Waals surface area contributed by atoms with Crippen LogP contribution in [0.25, 0.3) is 0 Å². The third-order valence-corrected chi connectivity index (χ3v) is 2.86. The minimum absolute atomic E-state index is 0.00256. The summed E-state index contributed by atoms with van der Waals surface area (Å²) in [5.41, 5.74) is 1.50. The van der Waals surface area contributed by atoms with Gasteiger partial charge in [-0.05, 0) is 12.1 Å². The lowest BCUT2D eigenvalue weighted by Gasteiger charge is -2.04. The number of aromatic carboxylic acids is 1. The molecule has 0 saturated carbocycles. The molecule has 0 radical (unpaired) electrons. The van der Waals surface area contributed by atoms with E-state index >= 15 is 0 Å². The molecular formula is C13H13N7O2. The van der Waals surface area contributed by atoms with Crippen molar-refractivity contribution >= 4 is 17.6 Å². The Bertz CT molecular complexity index is 808. The standard InChI is InChI=1S/C13H13N7O2/c1-19-7-10(6-15-19)17-13-14-4-2-9(16-13)8-20-5-3-11(18-20)12(21)22/h2-7H,8H2,1H3,(H,21,22)(H,14,16,17). The lowest BCUT2D eigenvalue weighted by atomic mass is 10.4. The molecule has 0 aliphatic rings. The Morgan fingerprint density at radius 2 is 2.27 bits per heavy atom. The zero-order valence-corrected chi connectivity index (χ0v) is 11.7. The van der Waals surface area contributed by atoms with Gasteiger partial charge in [0.2, 0.25) is 5.95 Å². The van der Waals surface area contributed by atoms with Crippen LogP contribution in [0, 0.1) is 0 Å². The monoisotopic (exact) mass is 299 g/mol. The fraction of sp³-hybridized carbons (Fsp3) is 0.154. The number of anilines is 2. The first-order valence-electron chi connectivity index (χ1n) is 6.44. The highest BCUT2D eigenvalue weighted by Crippen LogP contribution is 2.11. The van der Waals surface area contributed by atoms with E-state index < -0.39 is 5.97 Å². The number of carboxylic acids is 1. The second kappa shape index (κ2) is 5.64. The van der Waals surface area contributed by atoms with E-state index in [1.54, 1.807) is 29.3 Å². The van der Waals surface area contributed by atoms with Gasteiger partial charge in [-0.1, -0.05) is 0 Å². The highest BCUT2D eigenvalue weighted by atomic mass is 16.4. The first-order valence-corrected chi connectivity index (χ1v) is 6.44. The number of hydrogen-bond donors (Lipinski definition) is 2. The van der Waals surface area contributed by atoms with E-state index in [4.69, 9.17) is 5.11 Å². The molecule has 22 heavy (non-hydrogen) atoms. The van der Waals surface area contributed by atoms with Crippen LogP contribution < -0.4 is 5.32 Å². The molecular weight excluding hydrogens is 286 g/mol. The molecule has 3 aromatic rings. The molecule has 0 aliphatic heterocycles. The van der Waals surface area contributed by atoms with E-state index in [0.29, 0.717) is 18.2 Å². The van der Waals surface area contributed by atoms with Gasteiger partial charge in [0.15, 0.2) is 5.69 Å². The van der Waals surface area contributed by atoms with E-state index in [1.165, 1.54) is 10.7 Å². The highest BCUT2D eigenvalue weighted by Gasteiger charge is 2.08. The summed E-state index contributed by atoms with van der Waals surface area (Å²) in [5, 5.41) is 19.9. The van der Waals surface area contributed by atoms with Crippen molar-refractivity contribution in [3.05, 3.63) is 48.3 Å². The second-order valence-electron chi connectivity index (χ2n) is 4.60. The average molecular weight is 299 g/mol. The number of rotatable bonds is 5. The number of carboxylic acid groups (broad SMARTS) is 1. The van der Waals surface area contributed by atoms with Crippen LogP contribution in [0.2, 0.25) is 0 Å². The summed E-state index contributed by atoms with van der Waals surface area (Å²) in [6, 6.07) is 3.19. The van der Waals surface area contributed by atoms with Crippen molar-refractivity contribution in [2.45, 2.75) is 6.54 Å². The number of aryl methyl sites for hydroxylation is 1. The van der Waals surface area contributed by atoms with Crippen molar-refractivity contribution in [1.29, 1.82) is 0 Å². The van der Waals surface area contributed by atoms with Gasteiger partial charge in [-0.25, -0.2) is 14.8 Å². The van der Waals surface area contributed by atoms with E-state index in [-0.39, 0.29) is 5.69 Å². The summed E-state index contributed by atoms with van der Waals surface area (Å²) in [4.78, 5) is 19.3. The van der Waals surface area contributed by atoms with Crippen LogP contribution in [0.3, 0.4) is 0 Å². The van der Waals surface area contributed by atoms with Gasteiger partial charge in [-0.3, -0.25) is 9.36 Å². The fourth-order valence-electron chi connectivity index (χ4n) is 1.89. The van der Waals surface area contributed by atoms with Gasteiger partial charge >= 0.3 is 5.97 Å². The molecule has 0 atom stereocenters. The molecule has 112 valence electrons. The average Bonchev–Trinajstić information content (AvgIpc) is 3.09. The van der Waals surface area contributed by atoms with E-state index in [9.17, 15) is 4.79 Å². The molecule has 0 spiro atoms. The molecule has 3 heterocycles. The van der Waals surface area contributed by atoms with Crippen molar-refractivity contribution < 1.29 is 9.90 Å². The summed E-state index contributed by atoms with van der Waals surface area (Å²) >= 11 is 0. The number of carbonyl (C=O) groups is 1. The molecule has 3 rings (SSSR count). The first-order chi connectivity index (χ1) is 10.6. The summed E-state index contributed by atoms with van der Waals surface area (Å²) in [5.74, 6) is -0.614. The van der Waals surface area contributed by atoms with E-state index in [1.807, 2.05) is 13.2 Å². The van der Waals surface area contributed by atoms with Crippen molar-refractivity contribution in [3.8, 4) is 0 Å². The van der Waals surface area contributed by atoms with Crippen LogP contribution in [0.1, 0.15) is 16.2 Å². The second-order valence-corrected chi connectivity index (χ2v) is 4.60. The summed E-state index contributed by atoms with van der Waals surface area (Å²) in [6.07, 6.45) is 6.70. The normalized spacial score (nSPS) is 10.6. The Labute approximate surface area is 125 Å². The maximum absolute atomic E-state index is 10.8. The third-order valence-electron chi connectivity index (χ3n) is 2.86. The molecule has 0 bridgehead atoms. The predicted molar refractivity (Wildman–Crippen MR) is 76.8 cm³/mol. The van der Waals surface area contributed by atoms with Crippen molar-refractivity contribution in [3.63, 3.8) is 0 Å². The maximum atomic E-state index is 10.8. The lowest BCUT2D eigenvalue weighted by molar-refractivity contribution is 0.0689. The molecule has 2 N–H and O–H groups in total. The van der Waals surface area contributed by atoms with Crippen LogP contribution in [-0.2, 0) is 13.6 Å². The Kier molecular flexibility index (Phi) is 3.52. The van der Waals surface area contributed by atoms with E-state index in [0.717, 1.165) is 5.69 Å². The lowest BCUT2D eigenvalue weighted by Crippen LogP contribution is -2.06. The van der Waals surface area contributed by atoms with Gasteiger partial charge in [-0.15, -0.1) is 0 Å². The number of aromatic nitrogens is 6. The molecule has 0 aliphatic carbocycles. The Morgan fingerprint density at radius 1 is 1.41 bits per heavy atom. The quantitative estimate of drug-likeness (QED) is 0.720. The molecule has 0 amide bonds. The molecule has 0 saturated heterocycles. The summed E-state index contributed by atoms with van der Waals surface area (Å²) < 4.78 is 3.18. The topological polar surface area (TPSA) is 111 Å². The molecule has 0 fully saturated rings. The van der Waals surface area contributed by atoms with Gasteiger partial charge in [0.1, 0.15) is 0 Å². The van der Waals surface area contributed by atoms with E-state index in [2.05, 4.69) is 25.5 Å². The number of nitrogens with zero attached hydrogens (tertiary/aromatic N) is 6. The molecule has 9 nitrogen and oxygen atoms in total. The van der Waals surface area contributed by atoms with Crippen LogP contribution in [-0.4, -0.2) is 40.6 Å². The zero-order valence-electron chi connectivity index (χ0n) is 11.7. The predicted octanol–water partition coefficient (Wildman–Crippen LogP) is 0.897. The van der Waals surface area contributed by atoms with Gasteiger partial charge < -0.3 is 10.4 Å². The number of nitrogens with one attached hydrogen (secondary N) is 1. The molecule has 3 aromatic heterocycles. The fourth-order valence-corrected chi connectivity index (χ4v) is 1.89. The zero-order chi connectivity index (χ0) is 15.5. The maximum Gasteiger partial charge on any atom is 0.356 e. The van der Waals surface area contributed by atoms with Crippen LogP contribution in [0.5, 0.6) is 0 Å². The molecule has 9 heteroatoms. The summed E-state index contributed by atoms with van der Waals surface area (Å²) in [7, 11) is 1.82. The van der Waals surface area contributed by atoms with Crippen LogP contribution in [0.4, 0.5) is 11.6 Å². The van der Waals surface area contributed by atoms with Gasteiger partial charge in [0, 0.05) is 25.6 Å². The SMILES string of the molecule is Cn1cc(Nc2nccc(Cn3ccc(C(=O)O)n3)n2)cn1. The van der Waals surface area contributed by atoms with Crippen LogP contribution >= 0.6 is 0 Å².